The van der Waals surface area contributed by atoms with E-state index in [4.69, 9.17) is 0 Å². The second-order valence-corrected chi connectivity index (χ2v) is 2.74. The molecule has 0 aliphatic rings. The number of H-pyrrole nitrogens is 1. The number of aromatic nitrogens is 2. The van der Waals surface area contributed by atoms with Crippen LogP contribution in [-0.4, -0.2) is 9.97 Å². The van der Waals surface area contributed by atoms with E-state index in [9.17, 15) is 17.6 Å². The van der Waals surface area contributed by atoms with Crippen LogP contribution in [0.2, 0.25) is 0 Å². The molecule has 2 rings (SSSR count). The van der Waals surface area contributed by atoms with Gasteiger partial charge in [-0.1, -0.05) is 0 Å². The van der Waals surface area contributed by atoms with E-state index in [0.717, 1.165) is 12.1 Å². The summed E-state index contributed by atoms with van der Waals surface area (Å²) < 4.78 is 49.0. The van der Waals surface area contributed by atoms with E-state index in [1.54, 1.807) is 0 Å². The molecule has 0 spiro atoms. The Kier molecular flexibility index (Phi) is 2.90. The zero-order valence-electron chi connectivity index (χ0n) is 7.10. The molecule has 1 N–H and O–H groups in total. The van der Waals surface area contributed by atoms with Crippen molar-refractivity contribution in [3.05, 3.63) is 29.8 Å². The fourth-order valence-electron chi connectivity index (χ4n) is 1.12. The SMILES string of the molecule is Cl.Fc1ccc2nc(C(F)(F)F)[nH]c2c1. The van der Waals surface area contributed by atoms with E-state index in [2.05, 4.69) is 4.98 Å². The quantitative estimate of drug-likeness (QED) is 0.704. The Hall–Kier alpha value is -1.30. The van der Waals surface area contributed by atoms with Crippen LogP contribution in [0.15, 0.2) is 18.2 Å². The maximum absolute atomic E-state index is 12.6. The molecule has 0 aliphatic heterocycles. The Balaban J connectivity index is 0.00000112. The molecule has 82 valence electrons. The first-order valence-corrected chi connectivity index (χ1v) is 3.69. The highest BCUT2D eigenvalue weighted by atomic mass is 35.5. The Morgan fingerprint density at radius 2 is 1.87 bits per heavy atom. The van der Waals surface area contributed by atoms with Gasteiger partial charge in [0.15, 0.2) is 0 Å². The van der Waals surface area contributed by atoms with Crippen LogP contribution in [-0.2, 0) is 6.18 Å². The highest BCUT2D eigenvalue weighted by Crippen LogP contribution is 2.28. The lowest BCUT2D eigenvalue weighted by atomic mass is 10.3. The van der Waals surface area contributed by atoms with Crippen molar-refractivity contribution in [3.63, 3.8) is 0 Å². The molecule has 1 aromatic carbocycles. The van der Waals surface area contributed by atoms with E-state index in [1.807, 2.05) is 4.98 Å². The average molecular weight is 241 g/mol. The molecule has 0 fully saturated rings. The van der Waals surface area contributed by atoms with Crippen LogP contribution < -0.4 is 0 Å². The first kappa shape index (κ1) is 11.8. The third-order valence-electron chi connectivity index (χ3n) is 1.71. The molecule has 1 aromatic heterocycles. The van der Waals surface area contributed by atoms with Gasteiger partial charge < -0.3 is 4.98 Å². The van der Waals surface area contributed by atoms with Gasteiger partial charge in [0.05, 0.1) is 11.0 Å². The summed E-state index contributed by atoms with van der Waals surface area (Å²) in [7, 11) is 0. The van der Waals surface area contributed by atoms with Crippen molar-refractivity contribution in [1.82, 2.24) is 9.97 Å². The van der Waals surface area contributed by atoms with Crippen molar-refractivity contribution >= 4 is 23.4 Å². The number of nitrogens with one attached hydrogen (secondary N) is 1. The molecule has 0 radical (unpaired) electrons. The van der Waals surface area contributed by atoms with Gasteiger partial charge in [0.25, 0.3) is 0 Å². The number of halogens is 5. The molecule has 0 saturated heterocycles. The number of imidazole rings is 1. The lowest BCUT2D eigenvalue weighted by Crippen LogP contribution is -2.06. The molecule has 0 unspecified atom stereocenters. The van der Waals surface area contributed by atoms with Gasteiger partial charge >= 0.3 is 6.18 Å². The van der Waals surface area contributed by atoms with Crippen molar-refractivity contribution in [2.75, 3.05) is 0 Å². The molecule has 2 aromatic rings. The fraction of sp³-hybridized carbons (Fsp3) is 0.125. The van der Waals surface area contributed by atoms with Gasteiger partial charge in [-0.2, -0.15) is 13.2 Å². The fourth-order valence-corrected chi connectivity index (χ4v) is 1.12. The smallest absolute Gasteiger partial charge is 0.334 e. The van der Waals surface area contributed by atoms with Crippen LogP contribution in [0.25, 0.3) is 11.0 Å². The van der Waals surface area contributed by atoms with E-state index in [-0.39, 0.29) is 23.4 Å². The van der Waals surface area contributed by atoms with E-state index in [0.29, 0.717) is 0 Å². The Labute approximate surface area is 87.7 Å². The number of hydrogen-bond donors (Lipinski definition) is 1. The molecule has 0 atom stereocenters. The van der Waals surface area contributed by atoms with Crippen molar-refractivity contribution in [1.29, 1.82) is 0 Å². The van der Waals surface area contributed by atoms with Crippen molar-refractivity contribution in [2.45, 2.75) is 6.18 Å². The molecule has 0 aliphatic carbocycles. The maximum Gasteiger partial charge on any atom is 0.449 e. The number of alkyl halides is 3. The number of nitrogens with zero attached hydrogens (tertiary/aromatic N) is 1. The van der Waals surface area contributed by atoms with Gasteiger partial charge in [-0.15, -0.1) is 12.4 Å². The van der Waals surface area contributed by atoms with Crippen LogP contribution in [0.1, 0.15) is 5.82 Å². The molecule has 2 nitrogen and oxygen atoms in total. The van der Waals surface area contributed by atoms with Gasteiger partial charge in [-0.3, -0.25) is 0 Å². The van der Waals surface area contributed by atoms with Crippen LogP contribution in [0, 0.1) is 5.82 Å². The monoisotopic (exact) mass is 240 g/mol. The van der Waals surface area contributed by atoms with Crippen LogP contribution in [0.4, 0.5) is 17.6 Å². The van der Waals surface area contributed by atoms with E-state index < -0.39 is 17.8 Å². The number of hydrogen-bond acceptors (Lipinski definition) is 1. The zero-order valence-corrected chi connectivity index (χ0v) is 7.92. The second-order valence-electron chi connectivity index (χ2n) is 2.74. The van der Waals surface area contributed by atoms with Crippen LogP contribution >= 0.6 is 12.4 Å². The normalized spacial score (nSPS) is 11.5. The number of rotatable bonds is 0. The molecule has 0 bridgehead atoms. The Morgan fingerprint density at radius 3 is 2.47 bits per heavy atom. The van der Waals surface area contributed by atoms with Gasteiger partial charge in [0.2, 0.25) is 5.82 Å². The van der Waals surface area contributed by atoms with Gasteiger partial charge in [-0.05, 0) is 18.2 Å². The predicted octanol–water partition coefficient (Wildman–Crippen LogP) is 3.14. The molecular formula is C8H5ClF4N2. The second kappa shape index (κ2) is 3.69. The van der Waals surface area contributed by atoms with Crippen molar-refractivity contribution < 1.29 is 17.6 Å². The topological polar surface area (TPSA) is 28.7 Å². The third kappa shape index (κ3) is 2.20. The number of fused-ring (bicyclic) bond motifs is 1. The highest BCUT2D eigenvalue weighted by Gasteiger charge is 2.34. The van der Waals surface area contributed by atoms with Crippen LogP contribution in [0.5, 0.6) is 0 Å². The van der Waals surface area contributed by atoms with Gasteiger partial charge in [0.1, 0.15) is 5.82 Å². The molecule has 1 heterocycles. The number of aromatic amines is 1. The highest BCUT2D eigenvalue weighted by molar-refractivity contribution is 5.85. The van der Waals surface area contributed by atoms with Crippen molar-refractivity contribution in [3.8, 4) is 0 Å². The van der Waals surface area contributed by atoms with Crippen molar-refractivity contribution in [2.24, 2.45) is 0 Å². The minimum atomic E-state index is -4.53. The molecule has 0 saturated carbocycles. The lowest BCUT2D eigenvalue weighted by molar-refractivity contribution is -0.144. The number of benzene rings is 1. The van der Waals surface area contributed by atoms with E-state index >= 15 is 0 Å². The minimum Gasteiger partial charge on any atom is -0.334 e. The summed E-state index contributed by atoms with van der Waals surface area (Å²) in [5.74, 6) is -1.71. The summed E-state index contributed by atoms with van der Waals surface area (Å²) >= 11 is 0. The minimum absolute atomic E-state index is 0. The first-order valence-electron chi connectivity index (χ1n) is 3.69. The lowest BCUT2D eigenvalue weighted by Gasteiger charge is -1.98. The summed E-state index contributed by atoms with van der Waals surface area (Å²) in [5, 5.41) is 0. The van der Waals surface area contributed by atoms with Gasteiger partial charge in [0, 0.05) is 0 Å². The standard InChI is InChI=1S/C8H4F4N2.ClH/c9-4-1-2-5-6(3-4)14-7(13-5)8(10,11)12;/h1-3H,(H,13,14);1H. The first-order chi connectivity index (χ1) is 6.47. The molecule has 0 amide bonds. The third-order valence-corrected chi connectivity index (χ3v) is 1.71. The van der Waals surface area contributed by atoms with Gasteiger partial charge in [-0.25, -0.2) is 9.37 Å². The predicted molar refractivity (Wildman–Crippen MR) is 48.3 cm³/mol. The van der Waals surface area contributed by atoms with E-state index in [1.165, 1.54) is 6.07 Å². The van der Waals surface area contributed by atoms with Crippen LogP contribution in [0.3, 0.4) is 0 Å². The molecule has 7 heteroatoms. The summed E-state index contributed by atoms with van der Waals surface area (Å²) in [4.78, 5) is 5.28. The maximum atomic E-state index is 12.6. The Bertz CT molecular complexity index is 477. The largest absolute Gasteiger partial charge is 0.449 e. The molecule has 15 heavy (non-hydrogen) atoms. The Morgan fingerprint density at radius 1 is 1.20 bits per heavy atom. The average Bonchev–Trinajstić information content (AvgIpc) is 2.45. The summed E-state index contributed by atoms with van der Waals surface area (Å²) in [6.45, 7) is 0. The summed E-state index contributed by atoms with van der Waals surface area (Å²) in [5.41, 5.74) is 0.135. The molecular weight excluding hydrogens is 236 g/mol. The zero-order chi connectivity index (χ0) is 10.3. The summed E-state index contributed by atoms with van der Waals surface area (Å²) in [6.07, 6.45) is -4.53. The summed E-state index contributed by atoms with van der Waals surface area (Å²) in [6, 6.07) is 3.22.